The molecule has 0 saturated carbocycles. The summed E-state index contributed by atoms with van der Waals surface area (Å²) in [5, 5.41) is 17.2. The lowest BCUT2D eigenvalue weighted by Gasteiger charge is -2.43. The summed E-state index contributed by atoms with van der Waals surface area (Å²) < 4.78 is 7.45. The van der Waals surface area contributed by atoms with E-state index in [0.717, 1.165) is 68.0 Å². The van der Waals surface area contributed by atoms with Gasteiger partial charge in [0.1, 0.15) is 17.6 Å². The van der Waals surface area contributed by atoms with Crippen LogP contribution in [0.2, 0.25) is 0 Å². The summed E-state index contributed by atoms with van der Waals surface area (Å²) in [7, 11) is 0. The van der Waals surface area contributed by atoms with E-state index >= 15 is 0 Å². The normalized spacial score (nSPS) is 19.2. The molecule has 9 nitrogen and oxygen atoms in total. The number of hydrogen-bond donors (Lipinski definition) is 1. The quantitative estimate of drug-likeness (QED) is 0.428. The summed E-state index contributed by atoms with van der Waals surface area (Å²) in [6, 6.07) is 8.28. The Labute approximate surface area is 237 Å². The number of piperidine rings is 1. The molecule has 2 aliphatic heterocycles. The number of ether oxygens (including phenoxy) is 1. The molecule has 3 aromatic heterocycles. The minimum atomic E-state index is -0.365. The fraction of sp³-hybridized carbons (Fsp3) is 0.548. The number of aromatic nitrogens is 3. The first kappa shape index (κ1) is 27.9. The summed E-state index contributed by atoms with van der Waals surface area (Å²) in [4.78, 5) is 23.1. The lowest BCUT2D eigenvalue weighted by atomic mass is 9.76. The number of fused-ring (bicyclic) bond motifs is 1. The molecule has 2 aliphatic rings. The van der Waals surface area contributed by atoms with Crippen LogP contribution in [0.5, 0.6) is 5.75 Å². The fourth-order valence-corrected chi connectivity index (χ4v) is 6.08. The van der Waals surface area contributed by atoms with Crippen LogP contribution in [-0.4, -0.2) is 71.3 Å². The number of hydrogen-bond acceptors (Lipinski definition) is 7. The number of nitriles is 1. The van der Waals surface area contributed by atoms with Gasteiger partial charge in [0.05, 0.1) is 35.5 Å². The van der Waals surface area contributed by atoms with Crippen LogP contribution in [0.1, 0.15) is 52.5 Å². The zero-order chi connectivity index (χ0) is 28.3. The van der Waals surface area contributed by atoms with E-state index in [0.29, 0.717) is 36.3 Å². The molecule has 0 unspecified atom stereocenters. The Balaban J connectivity index is 1.34. The molecule has 0 aromatic carbocycles. The highest BCUT2D eigenvalue weighted by atomic mass is 16.5. The monoisotopic (exact) mass is 543 g/mol. The summed E-state index contributed by atoms with van der Waals surface area (Å²) in [6.45, 7) is 14.3. The van der Waals surface area contributed by atoms with Gasteiger partial charge in [-0.25, -0.2) is 9.50 Å². The first-order valence-electron chi connectivity index (χ1n) is 14.6. The van der Waals surface area contributed by atoms with Crippen LogP contribution in [-0.2, 0) is 4.79 Å². The number of amides is 1. The Morgan fingerprint density at radius 1 is 1.25 bits per heavy atom. The Morgan fingerprint density at radius 3 is 2.67 bits per heavy atom. The zero-order valence-corrected chi connectivity index (χ0v) is 24.2. The van der Waals surface area contributed by atoms with Gasteiger partial charge in [0.15, 0.2) is 0 Å². The van der Waals surface area contributed by atoms with Crippen LogP contribution >= 0.6 is 0 Å². The van der Waals surface area contributed by atoms with Crippen molar-refractivity contribution in [2.45, 2.75) is 47.0 Å². The highest BCUT2D eigenvalue weighted by Gasteiger charge is 2.43. The summed E-state index contributed by atoms with van der Waals surface area (Å²) in [5.41, 5.74) is 2.65. The van der Waals surface area contributed by atoms with Gasteiger partial charge in [0, 0.05) is 50.0 Å². The maximum absolute atomic E-state index is 13.5. The fourth-order valence-electron chi connectivity index (χ4n) is 6.08. The summed E-state index contributed by atoms with van der Waals surface area (Å²) >= 11 is 0. The van der Waals surface area contributed by atoms with Crippen molar-refractivity contribution in [1.82, 2.24) is 24.8 Å². The molecule has 0 radical (unpaired) electrons. The topological polar surface area (TPSA) is 98.8 Å². The smallest absolute Gasteiger partial charge is 0.227 e. The van der Waals surface area contributed by atoms with Gasteiger partial charge in [-0.3, -0.25) is 4.79 Å². The maximum atomic E-state index is 13.5. The number of carbonyl (C=O) groups excluding carboxylic acids is 1. The van der Waals surface area contributed by atoms with Crippen molar-refractivity contribution >= 4 is 17.2 Å². The average Bonchev–Trinajstić information content (AvgIpc) is 3.57. The molecule has 212 valence electrons. The molecule has 0 bridgehead atoms. The van der Waals surface area contributed by atoms with E-state index in [9.17, 15) is 10.1 Å². The number of nitrogens with one attached hydrogen (secondary N) is 1. The number of anilines is 1. The van der Waals surface area contributed by atoms with Crippen molar-refractivity contribution in [3.05, 3.63) is 42.4 Å². The molecule has 1 atom stereocenters. The molecule has 1 amide bonds. The van der Waals surface area contributed by atoms with Crippen LogP contribution in [0.25, 0.3) is 16.6 Å². The third kappa shape index (κ3) is 5.78. The second kappa shape index (κ2) is 11.8. The van der Waals surface area contributed by atoms with E-state index in [-0.39, 0.29) is 11.3 Å². The minimum Gasteiger partial charge on any atom is -0.492 e. The number of carbonyl (C=O) groups is 1. The minimum absolute atomic E-state index is 0.205. The summed E-state index contributed by atoms with van der Waals surface area (Å²) in [5.74, 6) is 2.92. The number of likely N-dealkylation sites (tertiary alicyclic amines) is 1. The predicted molar refractivity (Wildman–Crippen MR) is 156 cm³/mol. The van der Waals surface area contributed by atoms with Gasteiger partial charge < -0.3 is 19.9 Å². The standard InChI is InChI=1S/C31H41N7O2/c1-5-40-26-14-27(29-25(15-32)18-35-38(29)20-26)24-6-7-28(33-17-24)37-12-9-31(10-13-37,30(39)34-16-22(2)3)21-36-11-8-23(4)19-36/h6-7,14,17-18,20,22-23H,5,8-13,16,19,21H2,1-4H3,(H,34,39)/t23-/m0/s1. The Morgan fingerprint density at radius 2 is 2.05 bits per heavy atom. The maximum Gasteiger partial charge on any atom is 0.227 e. The van der Waals surface area contributed by atoms with Crippen molar-refractivity contribution in [1.29, 1.82) is 5.26 Å². The lowest BCUT2D eigenvalue weighted by molar-refractivity contribution is -0.133. The molecule has 0 aliphatic carbocycles. The average molecular weight is 544 g/mol. The first-order chi connectivity index (χ1) is 19.3. The molecular weight excluding hydrogens is 502 g/mol. The van der Waals surface area contributed by atoms with Gasteiger partial charge in [0.25, 0.3) is 0 Å². The SMILES string of the molecule is CCOc1cc(-c2ccc(N3CCC(CN4CC[C@H](C)C4)(C(=O)NCC(C)C)CC3)nc2)c2c(C#N)cnn2c1. The largest absolute Gasteiger partial charge is 0.492 e. The second-order valence-electron chi connectivity index (χ2n) is 11.9. The number of pyridine rings is 2. The Bertz CT molecular complexity index is 1370. The van der Waals surface area contributed by atoms with Crippen molar-refractivity contribution in [3.63, 3.8) is 0 Å². The van der Waals surface area contributed by atoms with Gasteiger partial charge in [-0.1, -0.05) is 20.8 Å². The van der Waals surface area contributed by atoms with Gasteiger partial charge in [-0.2, -0.15) is 10.4 Å². The molecule has 0 spiro atoms. The molecule has 5 heterocycles. The van der Waals surface area contributed by atoms with Crippen LogP contribution in [0.4, 0.5) is 5.82 Å². The molecule has 1 N–H and O–H groups in total. The molecule has 2 saturated heterocycles. The molecule has 5 rings (SSSR count). The van der Waals surface area contributed by atoms with E-state index in [2.05, 4.69) is 47.1 Å². The Kier molecular flexibility index (Phi) is 8.27. The number of rotatable bonds is 9. The third-order valence-corrected chi connectivity index (χ3v) is 8.31. The van der Waals surface area contributed by atoms with Gasteiger partial charge in [0.2, 0.25) is 5.91 Å². The van der Waals surface area contributed by atoms with E-state index in [1.807, 2.05) is 31.3 Å². The molecule has 40 heavy (non-hydrogen) atoms. The van der Waals surface area contributed by atoms with Crippen molar-refractivity contribution in [2.24, 2.45) is 17.3 Å². The van der Waals surface area contributed by atoms with E-state index in [4.69, 9.17) is 9.72 Å². The molecule has 2 fully saturated rings. The highest BCUT2D eigenvalue weighted by Crippen LogP contribution is 2.37. The van der Waals surface area contributed by atoms with E-state index in [1.165, 1.54) is 6.42 Å². The molecular formula is C31H41N7O2. The molecule has 3 aromatic rings. The van der Waals surface area contributed by atoms with Gasteiger partial charge >= 0.3 is 0 Å². The van der Waals surface area contributed by atoms with E-state index < -0.39 is 0 Å². The van der Waals surface area contributed by atoms with Crippen LogP contribution in [0, 0.1) is 28.6 Å². The first-order valence-corrected chi connectivity index (χ1v) is 14.6. The third-order valence-electron chi connectivity index (χ3n) is 8.31. The van der Waals surface area contributed by atoms with Crippen molar-refractivity contribution in [2.75, 3.05) is 50.8 Å². The van der Waals surface area contributed by atoms with Crippen molar-refractivity contribution in [3.8, 4) is 22.9 Å². The molecule has 9 heteroatoms. The van der Waals surface area contributed by atoms with Gasteiger partial charge in [-0.15, -0.1) is 0 Å². The highest BCUT2D eigenvalue weighted by molar-refractivity contribution is 5.85. The zero-order valence-electron chi connectivity index (χ0n) is 24.2. The van der Waals surface area contributed by atoms with Crippen molar-refractivity contribution < 1.29 is 9.53 Å². The van der Waals surface area contributed by atoms with Crippen LogP contribution < -0.4 is 15.0 Å². The van der Waals surface area contributed by atoms with Gasteiger partial charge in [-0.05, 0) is 62.8 Å². The predicted octanol–water partition coefficient (Wildman–Crippen LogP) is 4.37. The second-order valence-corrected chi connectivity index (χ2v) is 11.9. The summed E-state index contributed by atoms with van der Waals surface area (Å²) in [6.07, 6.45) is 8.06. The Hall–Kier alpha value is -3.64. The van der Waals surface area contributed by atoms with E-state index in [1.54, 1.807) is 16.9 Å². The van der Waals surface area contributed by atoms with Crippen LogP contribution in [0.15, 0.2) is 36.8 Å². The lowest BCUT2D eigenvalue weighted by Crippen LogP contribution is -2.54. The van der Waals surface area contributed by atoms with Crippen LogP contribution in [0.3, 0.4) is 0 Å². The number of nitrogens with zero attached hydrogens (tertiary/aromatic N) is 6.